The number of rotatable bonds is 15. The lowest BCUT2D eigenvalue weighted by Gasteiger charge is -2.39. The van der Waals surface area contributed by atoms with Crippen LogP contribution in [-0.4, -0.2) is 28.8 Å². The molecule has 2 aromatic rings. The highest BCUT2D eigenvalue weighted by Gasteiger charge is 2.36. The van der Waals surface area contributed by atoms with Gasteiger partial charge in [0.05, 0.1) is 17.8 Å². The molecule has 2 rings (SSSR count). The number of thiophene rings is 1. The van der Waals surface area contributed by atoms with Crippen LogP contribution in [0.4, 0.5) is 0 Å². The lowest BCUT2D eigenvalue weighted by atomic mass is 9.77. The van der Waals surface area contributed by atoms with Gasteiger partial charge in [-0.05, 0) is 97.2 Å². The van der Waals surface area contributed by atoms with E-state index < -0.39 is 23.7 Å². The fourth-order valence-electron chi connectivity index (χ4n) is 5.13. The van der Waals surface area contributed by atoms with E-state index in [1.807, 2.05) is 26.0 Å². The van der Waals surface area contributed by atoms with Crippen LogP contribution in [0.1, 0.15) is 115 Å². The second kappa shape index (κ2) is 16.2. The third kappa shape index (κ3) is 11.4. The Morgan fingerprint density at radius 2 is 1.40 bits per heavy atom. The first-order valence-electron chi connectivity index (χ1n) is 16.2. The smallest absolute Gasteiger partial charge is 0.171 e. The normalized spacial score (nSPS) is 15.1. The van der Waals surface area contributed by atoms with E-state index in [1.165, 1.54) is 26.5 Å². The van der Waals surface area contributed by atoms with Crippen LogP contribution in [0.5, 0.6) is 5.75 Å². The Morgan fingerprint density at radius 1 is 0.837 bits per heavy atom. The molecule has 1 N–H and O–H groups in total. The van der Waals surface area contributed by atoms with Crippen molar-refractivity contribution in [1.82, 2.24) is 0 Å². The fraction of sp³-hybridized carbons (Fsp3) is 0.611. The summed E-state index contributed by atoms with van der Waals surface area (Å²) in [6.45, 7) is 29.3. The molecule has 43 heavy (non-hydrogen) atoms. The number of ether oxygens (including phenoxy) is 1. The molecule has 2 atom stereocenters. The molecule has 1 aromatic heterocycles. The molecule has 0 amide bonds. The van der Waals surface area contributed by atoms with Crippen molar-refractivity contribution >= 4 is 35.0 Å². The van der Waals surface area contributed by atoms with Gasteiger partial charge in [-0.2, -0.15) is 0 Å². The molecule has 0 aliphatic rings. The predicted octanol–water partition coefficient (Wildman–Crippen LogP) is 10.4. The van der Waals surface area contributed by atoms with E-state index in [-0.39, 0.29) is 23.0 Å². The summed E-state index contributed by atoms with van der Waals surface area (Å²) >= 11 is 1.77. The van der Waals surface area contributed by atoms with Gasteiger partial charge in [-0.1, -0.05) is 86.6 Å². The quantitative estimate of drug-likeness (QED) is 0.155. The summed E-state index contributed by atoms with van der Waals surface area (Å²) in [6, 6.07) is 10.9. The Balaban J connectivity index is 2.42. The summed E-state index contributed by atoms with van der Waals surface area (Å²) in [5.74, 6) is 0.860. The van der Waals surface area contributed by atoms with Crippen LogP contribution >= 0.6 is 11.3 Å². The molecule has 0 spiro atoms. The number of benzene rings is 1. The molecular formula is C36H60O4SSi2. The van der Waals surface area contributed by atoms with Gasteiger partial charge in [0.2, 0.25) is 0 Å². The maximum Gasteiger partial charge on any atom is 0.171 e. The molecule has 0 radical (unpaired) electrons. The van der Waals surface area contributed by atoms with E-state index in [2.05, 4.69) is 111 Å². The van der Waals surface area contributed by atoms with E-state index in [1.54, 1.807) is 11.3 Å². The van der Waals surface area contributed by atoms with Crippen LogP contribution in [0.2, 0.25) is 26.2 Å². The van der Waals surface area contributed by atoms with Gasteiger partial charge in [0, 0.05) is 9.75 Å². The molecule has 0 aliphatic heterocycles. The summed E-state index contributed by atoms with van der Waals surface area (Å²) < 4.78 is 19.9. The maximum absolute atomic E-state index is 10.6. The number of allylic oxidation sites excluding steroid dienone is 3. The van der Waals surface area contributed by atoms with E-state index in [0.717, 1.165) is 12.2 Å². The van der Waals surface area contributed by atoms with Crippen molar-refractivity contribution in [2.45, 2.75) is 132 Å². The Labute approximate surface area is 271 Å². The van der Waals surface area contributed by atoms with Crippen LogP contribution in [0.25, 0.3) is 5.57 Å². The zero-order chi connectivity index (χ0) is 32.6. The summed E-state index contributed by atoms with van der Waals surface area (Å²) in [6.07, 6.45) is 8.37. The largest absolute Gasteiger partial charge is 0.488 e. The highest BCUT2D eigenvalue weighted by Crippen LogP contribution is 2.46. The summed E-state index contributed by atoms with van der Waals surface area (Å²) in [4.78, 5) is 2.42. The minimum atomic E-state index is -1.33. The van der Waals surface area contributed by atoms with Gasteiger partial charge in [-0.15, -0.1) is 11.3 Å². The van der Waals surface area contributed by atoms with E-state index >= 15 is 0 Å². The average Bonchev–Trinajstić information content (AvgIpc) is 3.39. The van der Waals surface area contributed by atoms with Gasteiger partial charge in [0.1, 0.15) is 12.4 Å². The molecular weight excluding hydrogens is 585 g/mol. The summed E-state index contributed by atoms with van der Waals surface area (Å²) in [5.41, 5.74) is 2.81. The second-order valence-corrected chi connectivity index (χ2v) is 20.3. The monoisotopic (exact) mass is 644 g/mol. The molecule has 0 saturated carbocycles. The molecule has 1 heterocycles. The van der Waals surface area contributed by atoms with Gasteiger partial charge in [0.25, 0.3) is 0 Å². The minimum Gasteiger partial charge on any atom is -0.488 e. The van der Waals surface area contributed by atoms with E-state index in [0.29, 0.717) is 19.4 Å². The van der Waals surface area contributed by atoms with E-state index in [4.69, 9.17) is 13.6 Å². The Hall–Kier alpha value is -1.49. The van der Waals surface area contributed by atoms with E-state index in [9.17, 15) is 5.11 Å². The fourth-order valence-corrected chi connectivity index (χ4v) is 8.34. The third-order valence-corrected chi connectivity index (χ3v) is 10.4. The van der Waals surface area contributed by atoms with Crippen molar-refractivity contribution in [3.8, 4) is 5.75 Å². The molecule has 1 aromatic carbocycles. The topological polar surface area (TPSA) is 47.9 Å². The first kappa shape index (κ1) is 37.7. The molecule has 0 bridgehead atoms. The zero-order valence-corrected chi connectivity index (χ0v) is 32.5. The van der Waals surface area contributed by atoms with Crippen molar-refractivity contribution in [3.05, 3.63) is 69.4 Å². The van der Waals surface area contributed by atoms with Crippen LogP contribution in [0.15, 0.2) is 48.6 Å². The van der Waals surface area contributed by atoms with Crippen molar-refractivity contribution in [2.75, 3.05) is 0 Å². The van der Waals surface area contributed by atoms with Crippen LogP contribution in [-0.2, 0) is 15.5 Å². The maximum atomic E-state index is 10.6. The molecule has 0 aliphatic carbocycles. The van der Waals surface area contributed by atoms with Crippen LogP contribution in [0, 0.1) is 10.8 Å². The van der Waals surface area contributed by atoms with Crippen LogP contribution < -0.4 is 4.74 Å². The molecule has 0 fully saturated rings. The van der Waals surface area contributed by atoms with Gasteiger partial charge in [0.15, 0.2) is 18.1 Å². The van der Waals surface area contributed by atoms with Crippen molar-refractivity contribution in [2.24, 2.45) is 10.8 Å². The van der Waals surface area contributed by atoms with Gasteiger partial charge in [-0.3, -0.25) is 0 Å². The standard InChI is InChI=1S/C36H60O4SSi2/c1-14-26(18-17-23-36(37,15-2)16-3)31-22-20-28(41-31)25-38-27-19-21-29(32(34(4,5)6)39-42(10)11)30(24-27)33(35(7,8)9)40-43(12)13/h17-24,32-33,37,42-43H,14-16,25H2,1-13H3/b23-17+,26-18+. The molecule has 0 saturated heterocycles. The first-order valence-corrected chi connectivity index (χ1v) is 22.6. The SMILES string of the molecule is CC/C(=C\C=C\C(O)(CC)CC)c1ccc(COc2ccc(C(O[SiH](C)C)C(C)(C)C)c(C(O[SiH](C)C)C(C)(C)C)c2)s1. The Morgan fingerprint density at radius 3 is 1.88 bits per heavy atom. The second-order valence-electron chi connectivity index (χ2n) is 14.4. The number of aliphatic hydroxyl groups is 1. The number of hydrogen-bond acceptors (Lipinski definition) is 5. The summed E-state index contributed by atoms with van der Waals surface area (Å²) in [7, 11) is -2.63. The lowest BCUT2D eigenvalue weighted by molar-refractivity contribution is 0.0653. The van der Waals surface area contributed by atoms with Gasteiger partial charge < -0.3 is 18.7 Å². The highest BCUT2D eigenvalue weighted by molar-refractivity contribution is 7.13. The van der Waals surface area contributed by atoms with Crippen molar-refractivity contribution in [3.63, 3.8) is 0 Å². The Kier molecular flexibility index (Phi) is 14.2. The van der Waals surface area contributed by atoms with Crippen LogP contribution in [0.3, 0.4) is 0 Å². The first-order chi connectivity index (χ1) is 19.9. The minimum absolute atomic E-state index is 0.00991. The zero-order valence-electron chi connectivity index (χ0n) is 29.3. The average molecular weight is 645 g/mol. The number of hydrogen-bond donors (Lipinski definition) is 1. The summed E-state index contributed by atoms with van der Waals surface area (Å²) in [5, 5.41) is 10.6. The lowest BCUT2D eigenvalue weighted by Crippen LogP contribution is -2.31. The predicted molar refractivity (Wildman–Crippen MR) is 192 cm³/mol. The van der Waals surface area contributed by atoms with Crippen molar-refractivity contribution < 1.29 is 18.7 Å². The molecule has 242 valence electrons. The Bertz CT molecular complexity index is 1200. The van der Waals surface area contributed by atoms with Crippen molar-refractivity contribution in [1.29, 1.82) is 0 Å². The third-order valence-electron chi connectivity index (χ3n) is 7.68. The highest BCUT2D eigenvalue weighted by atomic mass is 32.1. The molecule has 7 heteroatoms. The van der Waals surface area contributed by atoms with Gasteiger partial charge in [-0.25, -0.2) is 0 Å². The van der Waals surface area contributed by atoms with Gasteiger partial charge >= 0.3 is 0 Å². The molecule has 2 unspecified atom stereocenters. The molecule has 4 nitrogen and oxygen atoms in total.